The van der Waals surface area contributed by atoms with Gasteiger partial charge in [0, 0.05) is 18.1 Å². The van der Waals surface area contributed by atoms with Crippen molar-refractivity contribution >= 4 is 17.2 Å². The van der Waals surface area contributed by atoms with Gasteiger partial charge in [-0.3, -0.25) is 9.36 Å². The molecule has 2 aromatic rings. The zero-order valence-corrected chi connectivity index (χ0v) is 10.0. The molecule has 0 bridgehead atoms. The van der Waals surface area contributed by atoms with Crippen LogP contribution >= 0.6 is 11.3 Å². The fraction of sp³-hybridized carbons (Fsp3) is 0.273. The van der Waals surface area contributed by atoms with Gasteiger partial charge in [0.2, 0.25) is 0 Å². The number of hydrogen-bond acceptors (Lipinski definition) is 4. The number of thiazole rings is 1. The van der Waals surface area contributed by atoms with Crippen molar-refractivity contribution in [2.75, 3.05) is 12.4 Å². The number of hydrogen-bond donors (Lipinski definition) is 1. The second-order valence-corrected chi connectivity index (χ2v) is 4.31. The van der Waals surface area contributed by atoms with Gasteiger partial charge >= 0.3 is 4.87 Å². The molecule has 0 aliphatic rings. The monoisotopic (exact) mass is 235 g/mol. The Labute approximate surface area is 97.6 Å². The highest BCUT2D eigenvalue weighted by molar-refractivity contribution is 7.07. The summed E-state index contributed by atoms with van der Waals surface area (Å²) < 4.78 is 1.73. The van der Waals surface area contributed by atoms with E-state index in [4.69, 9.17) is 0 Å². The molecular weight excluding hydrogens is 222 g/mol. The minimum absolute atomic E-state index is 0.0640. The highest BCUT2D eigenvalue weighted by Gasteiger charge is 2.04. The van der Waals surface area contributed by atoms with E-state index in [0.717, 1.165) is 17.2 Å². The van der Waals surface area contributed by atoms with Gasteiger partial charge in [-0.15, -0.1) is 0 Å². The largest absolute Gasteiger partial charge is 0.373 e. The SMILES string of the molecule is CNc1cccc(Cn2c(C)csc2=O)n1. The van der Waals surface area contributed by atoms with Crippen molar-refractivity contribution in [1.82, 2.24) is 9.55 Å². The third-order valence-corrected chi connectivity index (χ3v) is 3.24. The fourth-order valence-corrected chi connectivity index (χ4v) is 2.20. The first-order chi connectivity index (χ1) is 7.70. The van der Waals surface area contributed by atoms with Crippen molar-refractivity contribution in [2.24, 2.45) is 0 Å². The molecule has 0 saturated heterocycles. The zero-order chi connectivity index (χ0) is 11.5. The summed E-state index contributed by atoms with van der Waals surface area (Å²) in [7, 11) is 1.83. The lowest BCUT2D eigenvalue weighted by Gasteiger charge is -2.05. The molecule has 0 radical (unpaired) electrons. The van der Waals surface area contributed by atoms with Gasteiger partial charge in [0.25, 0.3) is 0 Å². The lowest BCUT2D eigenvalue weighted by Crippen LogP contribution is -2.16. The Morgan fingerprint density at radius 1 is 1.50 bits per heavy atom. The molecule has 4 nitrogen and oxygen atoms in total. The van der Waals surface area contributed by atoms with Crippen LogP contribution in [0.2, 0.25) is 0 Å². The number of nitrogens with one attached hydrogen (secondary N) is 1. The molecule has 0 aliphatic heterocycles. The molecule has 16 heavy (non-hydrogen) atoms. The van der Waals surface area contributed by atoms with Crippen LogP contribution in [-0.4, -0.2) is 16.6 Å². The van der Waals surface area contributed by atoms with Crippen molar-refractivity contribution in [2.45, 2.75) is 13.5 Å². The van der Waals surface area contributed by atoms with E-state index in [2.05, 4.69) is 10.3 Å². The molecule has 0 atom stereocenters. The predicted octanol–water partition coefficient (Wildman–Crippen LogP) is 1.70. The molecule has 2 rings (SSSR count). The number of aromatic nitrogens is 2. The molecule has 84 valence electrons. The van der Waals surface area contributed by atoms with Gasteiger partial charge in [-0.25, -0.2) is 4.98 Å². The molecule has 0 fully saturated rings. The van der Waals surface area contributed by atoms with Crippen LogP contribution in [0.5, 0.6) is 0 Å². The molecule has 5 heteroatoms. The molecular formula is C11H13N3OS. The molecule has 2 aromatic heterocycles. The Bertz CT molecular complexity index is 544. The standard InChI is InChI=1S/C11H13N3OS/c1-8-7-16-11(15)14(8)6-9-4-3-5-10(12-2)13-9/h3-5,7H,6H2,1-2H3,(H,12,13). The lowest BCUT2D eigenvalue weighted by atomic mass is 10.3. The van der Waals surface area contributed by atoms with Crippen LogP contribution in [0.15, 0.2) is 28.4 Å². The first kappa shape index (κ1) is 10.9. The number of nitrogens with zero attached hydrogens (tertiary/aromatic N) is 2. The molecule has 0 amide bonds. The minimum Gasteiger partial charge on any atom is -0.373 e. The summed E-state index contributed by atoms with van der Waals surface area (Å²) in [6.45, 7) is 2.46. The highest BCUT2D eigenvalue weighted by Crippen LogP contribution is 2.07. The number of anilines is 1. The maximum Gasteiger partial charge on any atom is 0.307 e. The molecule has 0 unspecified atom stereocenters. The van der Waals surface area contributed by atoms with Crippen LogP contribution in [0.25, 0.3) is 0 Å². The van der Waals surface area contributed by atoms with E-state index in [9.17, 15) is 4.79 Å². The van der Waals surface area contributed by atoms with Gasteiger partial charge in [-0.05, 0) is 19.1 Å². The normalized spacial score (nSPS) is 10.4. The zero-order valence-electron chi connectivity index (χ0n) is 9.23. The van der Waals surface area contributed by atoms with E-state index in [1.165, 1.54) is 11.3 Å². The van der Waals surface area contributed by atoms with Gasteiger partial charge in [0.1, 0.15) is 5.82 Å². The fourth-order valence-electron chi connectivity index (χ4n) is 1.47. The van der Waals surface area contributed by atoms with Crippen LogP contribution in [0.1, 0.15) is 11.4 Å². The Kier molecular flexibility index (Phi) is 3.05. The summed E-state index contributed by atoms with van der Waals surface area (Å²) in [5.74, 6) is 0.818. The molecule has 1 N–H and O–H groups in total. The summed E-state index contributed by atoms with van der Waals surface area (Å²) >= 11 is 1.22. The third-order valence-electron chi connectivity index (χ3n) is 2.36. The first-order valence-electron chi connectivity index (χ1n) is 4.99. The van der Waals surface area contributed by atoms with Gasteiger partial charge in [-0.1, -0.05) is 17.4 Å². The smallest absolute Gasteiger partial charge is 0.307 e. The maximum atomic E-state index is 11.5. The minimum atomic E-state index is 0.0640. The molecule has 0 spiro atoms. The van der Waals surface area contributed by atoms with Gasteiger partial charge in [0.15, 0.2) is 0 Å². The van der Waals surface area contributed by atoms with E-state index >= 15 is 0 Å². The van der Waals surface area contributed by atoms with Gasteiger partial charge in [-0.2, -0.15) is 0 Å². The Morgan fingerprint density at radius 2 is 2.31 bits per heavy atom. The molecule has 0 aromatic carbocycles. The van der Waals surface area contributed by atoms with Crippen LogP contribution < -0.4 is 10.2 Å². The van der Waals surface area contributed by atoms with E-state index in [1.54, 1.807) is 4.57 Å². The second-order valence-electron chi connectivity index (χ2n) is 3.49. The number of rotatable bonds is 3. The Balaban J connectivity index is 2.30. The van der Waals surface area contributed by atoms with Crippen molar-refractivity contribution in [3.8, 4) is 0 Å². The average molecular weight is 235 g/mol. The summed E-state index contributed by atoms with van der Waals surface area (Å²) in [5.41, 5.74) is 1.86. The quantitative estimate of drug-likeness (QED) is 0.881. The molecule has 0 aliphatic carbocycles. The van der Waals surface area contributed by atoms with Crippen LogP contribution in [0, 0.1) is 6.92 Å². The van der Waals surface area contributed by atoms with Crippen LogP contribution in [0.3, 0.4) is 0 Å². The summed E-state index contributed by atoms with van der Waals surface area (Å²) in [6.07, 6.45) is 0. The summed E-state index contributed by atoms with van der Waals surface area (Å²) in [5, 5.41) is 4.85. The molecule has 2 heterocycles. The van der Waals surface area contributed by atoms with Crippen LogP contribution in [-0.2, 0) is 6.54 Å². The van der Waals surface area contributed by atoms with Crippen molar-refractivity contribution < 1.29 is 0 Å². The van der Waals surface area contributed by atoms with Crippen LogP contribution in [0.4, 0.5) is 5.82 Å². The predicted molar refractivity (Wildman–Crippen MR) is 66.2 cm³/mol. The van der Waals surface area contributed by atoms with E-state index < -0.39 is 0 Å². The lowest BCUT2D eigenvalue weighted by molar-refractivity contribution is 0.736. The van der Waals surface area contributed by atoms with E-state index in [0.29, 0.717) is 6.54 Å². The van der Waals surface area contributed by atoms with Crippen molar-refractivity contribution in [3.63, 3.8) is 0 Å². The Morgan fingerprint density at radius 3 is 2.94 bits per heavy atom. The van der Waals surface area contributed by atoms with Crippen molar-refractivity contribution in [1.29, 1.82) is 0 Å². The number of pyridine rings is 1. The topological polar surface area (TPSA) is 46.9 Å². The number of aryl methyl sites for hydroxylation is 1. The first-order valence-corrected chi connectivity index (χ1v) is 5.87. The second kappa shape index (κ2) is 4.49. The third kappa shape index (κ3) is 2.14. The summed E-state index contributed by atoms with van der Waals surface area (Å²) in [4.78, 5) is 16.0. The van der Waals surface area contributed by atoms with E-state index in [-0.39, 0.29) is 4.87 Å². The van der Waals surface area contributed by atoms with Gasteiger partial charge in [0.05, 0.1) is 12.2 Å². The highest BCUT2D eigenvalue weighted by atomic mass is 32.1. The molecule has 0 saturated carbocycles. The Hall–Kier alpha value is -1.62. The average Bonchev–Trinajstić information content (AvgIpc) is 2.61. The van der Waals surface area contributed by atoms with Gasteiger partial charge < -0.3 is 5.32 Å². The maximum absolute atomic E-state index is 11.5. The van der Waals surface area contributed by atoms with E-state index in [1.807, 2.05) is 37.6 Å². The summed E-state index contributed by atoms with van der Waals surface area (Å²) in [6, 6.07) is 5.75. The van der Waals surface area contributed by atoms with Crippen molar-refractivity contribution in [3.05, 3.63) is 44.6 Å².